The Hall–Kier alpha value is -2.40. The van der Waals surface area contributed by atoms with E-state index in [1.807, 2.05) is 36.4 Å². The van der Waals surface area contributed by atoms with Crippen molar-refractivity contribution in [3.8, 4) is 5.75 Å². The molecule has 9 heteroatoms. The van der Waals surface area contributed by atoms with Gasteiger partial charge in [0, 0.05) is 36.5 Å². The number of para-hydroxylation sites is 1. The lowest BCUT2D eigenvalue weighted by Gasteiger charge is -2.40. The number of unbranched alkanes of at least 4 members (excludes halogenated alkanes) is 2. The molecule has 1 aliphatic carbocycles. The number of rotatable bonds is 13. The summed E-state index contributed by atoms with van der Waals surface area (Å²) in [4.78, 5) is 28.2. The van der Waals surface area contributed by atoms with Crippen LogP contribution in [0.3, 0.4) is 0 Å². The Morgan fingerprint density at radius 3 is 2.61 bits per heavy atom. The molecule has 0 aliphatic heterocycles. The van der Waals surface area contributed by atoms with Crippen molar-refractivity contribution in [3.05, 3.63) is 87.0 Å². The molecule has 2 aromatic rings. The van der Waals surface area contributed by atoms with E-state index in [4.69, 9.17) is 16.3 Å². The molecule has 7 nitrogen and oxygen atoms in total. The van der Waals surface area contributed by atoms with Gasteiger partial charge in [-0.05, 0) is 77.8 Å². The van der Waals surface area contributed by atoms with Crippen LogP contribution in [-0.2, 0) is 16.1 Å². The topological polar surface area (TPSA) is 99.1 Å². The quantitative estimate of drug-likeness (QED) is 0.167. The average molecular weight is 653 g/mol. The summed E-state index contributed by atoms with van der Waals surface area (Å²) in [5, 5.41) is 24.0. The van der Waals surface area contributed by atoms with E-state index in [2.05, 4.69) is 34.5 Å². The Morgan fingerprint density at radius 1 is 1.18 bits per heavy atom. The van der Waals surface area contributed by atoms with Gasteiger partial charge in [-0.1, -0.05) is 41.9 Å². The standard InChI is InChI=1S/C29H34ClIN2O5/c1-2-3-4-5-10-27(35)33(19-20-11-13-22(30)14-12-20)24-17-21(29(37)32-15-16-34)18-26(28(24)36)38-25-9-7-6-8-23(25)31/h2,6-9,11-14,18,24,26,28,34,36H,1,3-5,10,15-17,19H2,(H,32,37)/t24-,26+,28+/m1/s1. The number of allylic oxidation sites excluding steroid dienone is 1. The lowest BCUT2D eigenvalue weighted by Crippen LogP contribution is -2.54. The van der Waals surface area contributed by atoms with Gasteiger partial charge in [0.1, 0.15) is 18.0 Å². The molecule has 0 saturated carbocycles. The molecule has 3 N–H and O–H groups in total. The minimum absolute atomic E-state index is 0.0994. The third kappa shape index (κ3) is 8.56. The van der Waals surface area contributed by atoms with Crippen LogP contribution in [0.4, 0.5) is 0 Å². The van der Waals surface area contributed by atoms with E-state index in [1.165, 1.54) is 0 Å². The van der Waals surface area contributed by atoms with Gasteiger partial charge in [0.05, 0.1) is 16.2 Å². The summed E-state index contributed by atoms with van der Waals surface area (Å²) in [5.41, 5.74) is 1.25. The predicted octanol–water partition coefficient (Wildman–Crippen LogP) is 4.64. The second-order valence-corrected chi connectivity index (χ2v) is 10.7. The zero-order chi connectivity index (χ0) is 27.5. The second kappa shape index (κ2) is 15.3. The van der Waals surface area contributed by atoms with Crippen molar-refractivity contribution < 1.29 is 24.5 Å². The number of aliphatic hydroxyl groups excluding tert-OH is 2. The first kappa shape index (κ1) is 30.1. The van der Waals surface area contributed by atoms with Gasteiger partial charge < -0.3 is 25.2 Å². The fraction of sp³-hybridized carbons (Fsp3) is 0.379. The molecule has 0 saturated heterocycles. The van der Waals surface area contributed by atoms with Gasteiger partial charge >= 0.3 is 0 Å². The number of hydrogen-bond donors (Lipinski definition) is 3. The highest BCUT2D eigenvalue weighted by Crippen LogP contribution is 2.31. The first-order valence-corrected chi connectivity index (χ1v) is 14.1. The number of carbonyl (C=O) groups excluding carboxylic acids is 2. The molecule has 0 unspecified atom stereocenters. The van der Waals surface area contributed by atoms with Crippen molar-refractivity contribution in [2.45, 2.75) is 56.9 Å². The van der Waals surface area contributed by atoms with Crippen molar-refractivity contribution in [1.82, 2.24) is 10.2 Å². The van der Waals surface area contributed by atoms with Crippen LogP contribution in [0.15, 0.2) is 72.8 Å². The van der Waals surface area contributed by atoms with Crippen LogP contribution in [-0.4, -0.2) is 58.3 Å². The van der Waals surface area contributed by atoms with Crippen LogP contribution < -0.4 is 10.1 Å². The van der Waals surface area contributed by atoms with Crippen LogP contribution in [0.2, 0.25) is 5.02 Å². The van der Waals surface area contributed by atoms with Gasteiger partial charge in [0.25, 0.3) is 0 Å². The highest BCUT2D eigenvalue weighted by Gasteiger charge is 2.40. The molecule has 0 bridgehead atoms. The summed E-state index contributed by atoms with van der Waals surface area (Å²) in [6, 6.07) is 13.9. The molecular formula is C29H34ClIN2O5. The maximum Gasteiger partial charge on any atom is 0.247 e. The third-order valence-corrected chi connectivity index (χ3v) is 7.49. The fourth-order valence-corrected chi connectivity index (χ4v) is 4.99. The van der Waals surface area contributed by atoms with E-state index in [-0.39, 0.29) is 37.9 Å². The predicted molar refractivity (Wildman–Crippen MR) is 157 cm³/mol. The van der Waals surface area contributed by atoms with Crippen molar-refractivity contribution in [2.75, 3.05) is 13.2 Å². The number of carbonyl (C=O) groups is 2. The lowest BCUT2D eigenvalue weighted by molar-refractivity contribution is -0.139. The number of nitrogens with zero attached hydrogens (tertiary/aromatic N) is 1. The second-order valence-electron chi connectivity index (χ2n) is 9.13. The van der Waals surface area contributed by atoms with Gasteiger partial charge in [-0.15, -0.1) is 6.58 Å². The van der Waals surface area contributed by atoms with E-state index in [1.54, 1.807) is 29.2 Å². The first-order chi connectivity index (χ1) is 18.3. The Balaban J connectivity index is 1.94. The third-order valence-electron chi connectivity index (χ3n) is 6.35. The Labute approximate surface area is 242 Å². The maximum atomic E-state index is 13.6. The molecule has 2 amide bonds. The minimum Gasteiger partial charge on any atom is -0.482 e. The van der Waals surface area contributed by atoms with Crippen molar-refractivity contribution >= 4 is 46.0 Å². The van der Waals surface area contributed by atoms with Gasteiger partial charge in [0.2, 0.25) is 11.8 Å². The molecule has 3 rings (SSSR count). The zero-order valence-corrected chi connectivity index (χ0v) is 24.1. The van der Waals surface area contributed by atoms with Crippen LogP contribution in [0.1, 0.15) is 37.7 Å². The van der Waals surface area contributed by atoms with Crippen LogP contribution in [0, 0.1) is 3.57 Å². The lowest BCUT2D eigenvalue weighted by atomic mass is 9.87. The summed E-state index contributed by atoms with van der Waals surface area (Å²) in [6.45, 7) is 3.89. The molecule has 2 aromatic carbocycles. The van der Waals surface area contributed by atoms with E-state index in [9.17, 15) is 19.8 Å². The van der Waals surface area contributed by atoms with E-state index in [0.717, 1.165) is 22.0 Å². The number of benzene rings is 2. The fourth-order valence-electron chi connectivity index (χ4n) is 4.35. The normalized spacial score (nSPS) is 18.8. The minimum atomic E-state index is -1.08. The largest absolute Gasteiger partial charge is 0.482 e. The highest BCUT2D eigenvalue weighted by atomic mass is 127. The van der Waals surface area contributed by atoms with Crippen molar-refractivity contribution in [2.24, 2.45) is 0 Å². The summed E-state index contributed by atoms with van der Waals surface area (Å²) in [7, 11) is 0. The smallest absolute Gasteiger partial charge is 0.247 e. The molecule has 0 radical (unpaired) electrons. The Kier molecular flexibility index (Phi) is 12.1. The number of hydrogen-bond acceptors (Lipinski definition) is 5. The Morgan fingerprint density at radius 2 is 1.92 bits per heavy atom. The van der Waals surface area contributed by atoms with Crippen molar-refractivity contribution in [1.29, 1.82) is 0 Å². The summed E-state index contributed by atoms with van der Waals surface area (Å²) >= 11 is 8.22. The number of aliphatic hydroxyl groups is 2. The van der Waals surface area contributed by atoms with Gasteiger partial charge in [-0.25, -0.2) is 0 Å². The summed E-state index contributed by atoms with van der Waals surface area (Å²) in [5.74, 6) is 0.0967. The van der Waals surface area contributed by atoms with Crippen LogP contribution in [0.5, 0.6) is 5.75 Å². The zero-order valence-electron chi connectivity index (χ0n) is 21.2. The monoisotopic (exact) mass is 652 g/mol. The first-order valence-electron chi connectivity index (χ1n) is 12.7. The molecule has 0 fully saturated rings. The molecule has 38 heavy (non-hydrogen) atoms. The van der Waals surface area contributed by atoms with E-state index < -0.39 is 18.2 Å². The molecule has 0 spiro atoms. The summed E-state index contributed by atoms with van der Waals surface area (Å²) < 4.78 is 7.05. The van der Waals surface area contributed by atoms with Gasteiger partial charge in [-0.2, -0.15) is 0 Å². The molecule has 0 heterocycles. The van der Waals surface area contributed by atoms with E-state index >= 15 is 0 Å². The molecular weight excluding hydrogens is 619 g/mol. The number of nitrogens with one attached hydrogen (secondary N) is 1. The van der Waals surface area contributed by atoms with Crippen molar-refractivity contribution in [3.63, 3.8) is 0 Å². The number of halogens is 2. The van der Waals surface area contributed by atoms with Gasteiger partial charge in [-0.3, -0.25) is 9.59 Å². The van der Waals surface area contributed by atoms with E-state index in [0.29, 0.717) is 29.2 Å². The highest BCUT2D eigenvalue weighted by molar-refractivity contribution is 14.1. The Bertz CT molecular complexity index is 1120. The molecule has 3 atom stereocenters. The molecule has 0 aromatic heterocycles. The van der Waals surface area contributed by atoms with Gasteiger partial charge in [0.15, 0.2) is 0 Å². The number of ether oxygens (including phenoxy) is 1. The molecule has 204 valence electrons. The maximum absolute atomic E-state index is 13.6. The number of amides is 2. The molecule has 1 aliphatic rings. The SMILES string of the molecule is C=CCCCCC(=O)N(Cc1ccc(Cl)cc1)[C@@H]1CC(C(=O)NCCO)=C[C@H](Oc2ccccc2I)[C@H]1O. The van der Waals surface area contributed by atoms with Crippen LogP contribution >= 0.6 is 34.2 Å². The summed E-state index contributed by atoms with van der Waals surface area (Å²) in [6.07, 6.45) is 4.31. The average Bonchev–Trinajstić information content (AvgIpc) is 2.91. The van der Waals surface area contributed by atoms with Crippen LogP contribution in [0.25, 0.3) is 0 Å².